The lowest BCUT2D eigenvalue weighted by atomic mass is 9.88. The maximum absolute atomic E-state index is 11.7. The summed E-state index contributed by atoms with van der Waals surface area (Å²) in [6.07, 6.45) is 2.78. The Morgan fingerprint density at radius 2 is 1.95 bits per heavy atom. The molecule has 1 rings (SSSR count). The Balaban J connectivity index is 2.25. The van der Waals surface area contributed by atoms with Crippen LogP contribution in [0.1, 0.15) is 33.1 Å². The van der Waals surface area contributed by atoms with Gasteiger partial charge in [-0.05, 0) is 43.6 Å². The lowest BCUT2D eigenvalue weighted by Crippen LogP contribution is -2.45. The van der Waals surface area contributed by atoms with Crippen LogP contribution >= 0.6 is 11.8 Å². The zero-order valence-corrected chi connectivity index (χ0v) is 12.5. The molecule has 3 N–H and O–H groups in total. The molecule has 1 aliphatic rings. The number of nitrogens with one attached hydrogen (secondary N) is 2. The maximum atomic E-state index is 11.7. The van der Waals surface area contributed by atoms with E-state index in [9.17, 15) is 9.59 Å². The van der Waals surface area contributed by atoms with Crippen LogP contribution in [0.3, 0.4) is 0 Å². The van der Waals surface area contributed by atoms with E-state index in [1.165, 1.54) is 11.5 Å². The zero-order valence-electron chi connectivity index (χ0n) is 11.7. The van der Waals surface area contributed by atoms with Crippen molar-refractivity contribution in [3.8, 4) is 0 Å². The number of carbonyl (C=O) groups is 2. The molecule has 0 radical (unpaired) electrons. The maximum Gasteiger partial charge on any atom is 0.314 e. The van der Waals surface area contributed by atoms with Crippen molar-refractivity contribution in [2.75, 3.05) is 24.6 Å². The van der Waals surface area contributed by atoms with Crippen LogP contribution in [0.15, 0.2) is 0 Å². The molecule has 0 aromatic heterocycles. The molecule has 19 heavy (non-hydrogen) atoms. The average molecular weight is 288 g/mol. The highest BCUT2D eigenvalue weighted by Gasteiger charge is 2.31. The van der Waals surface area contributed by atoms with Gasteiger partial charge in [0, 0.05) is 13.1 Å². The van der Waals surface area contributed by atoms with Crippen molar-refractivity contribution in [2.24, 2.45) is 11.3 Å². The number of thioether (sulfide) groups is 1. The minimum absolute atomic E-state index is 0.158. The van der Waals surface area contributed by atoms with Crippen LogP contribution < -0.4 is 10.6 Å². The standard InChI is InChI=1S/C13H24N2O3S/c1-3-13(2,11(16)17)9-15-12(18)14-8-10-4-6-19-7-5-10/h10H,3-9H2,1-2H3,(H,16,17)(H2,14,15,18). The summed E-state index contributed by atoms with van der Waals surface area (Å²) in [5, 5.41) is 14.6. The number of carboxylic acids is 1. The Hall–Kier alpha value is -0.910. The van der Waals surface area contributed by atoms with Gasteiger partial charge in [-0.2, -0.15) is 11.8 Å². The van der Waals surface area contributed by atoms with Crippen molar-refractivity contribution in [1.29, 1.82) is 0 Å². The zero-order chi connectivity index (χ0) is 14.3. The molecule has 1 saturated heterocycles. The van der Waals surface area contributed by atoms with E-state index in [1.807, 2.05) is 18.7 Å². The summed E-state index contributed by atoms with van der Waals surface area (Å²) in [5.74, 6) is 2.02. The molecule has 0 bridgehead atoms. The van der Waals surface area contributed by atoms with E-state index in [4.69, 9.17) is 5.11 Å². The highest BCUT2D eigenvalue weighted by atomic mass is 32.2. The molecule has 1 atom stereocenters. The third-order valence-corrected chi connectivity index (χ3v) is 4.88. The predicted molar refractivity (Wildman–Crippen MR) is 77.5 cm³/mol. The van der Waals surface area contributed by atoms with Crippen LogP contribution in [0, 0.1) is 11.3 Å². The number of urea groups is 1. The molecular weight excluding hydrogens is 264 g/mol. The number of hydrogen-bond acceptors (Lipinski definition) is 3. The summed E-state index contributed by atoms with van der Waals surface area (Å²) < 4.78 is 0. The van der Waals surface area contributed by atoms with E-state index in [0.717, 1.165) is 12.8 Å². The fraction of sp³-hybridized carbons (Fsp3) is 0.846. The van der Waals surface area contributed by atoms with Gasteiger partial charge in [0.05, 0.1) is 5.41 Å². The quantitative estimate of drug-likeness (QED) is 0.698. The van der Waals surface area contributed by atoms with Crippen LogP contribution in [0.5, 0.6) is 0 Å². The Bertz CT molecular complexity index is 319. The Morgan fingerprint density at radius 1 is 1.32 bits per heavy atom. The van der Waals surface area contributed by atoms with Gasteiger partial charge in [-0.25, -0.2) is 4.79 Å². The normalized spacial score (nSPS) is 19.5. The molecule has 0 saturated carbocycles. The van der Waals surface area contributed by atoms with Gasteiger partial charge in [-0.1, -0.05) is 6.92 Å². The lowest BCUT2D eigenvalue weighted by molar-refractivity contribution is -0.147. The van der Waals surface area contributed by atoms with Crippen LogP contribution in [-0.4, -0.2) is 41.7 Å². The molecule has 6 heteroatoms. The third-order valence-electron chi connectivity index (χ3n) is 3.83. The summed E-state index contributed by atoms with van der Waals surface area (Å²) in [4.78, 5) is 22.7. The Morgan fingerprint density at radius 3 is 2.47 bits per heavy atom. The first kappa shape index (κ1) is 16.1. The Labute approximate surface area is 118 Å². The van der Waals surface area contributed by atoms with Crippen molar-refractivity contribution < 1.29 is 14.7 Å². The molecule has 1 aliphatic heterocycles. The van der Waals surface area contributed by atoms with E-state index in [2.05, 4.69) is 10.6 Å². The SMILES string of the molecule is CCC(C)(CNC(=O)NCC1CCSCC1)C(=O)O. The molecule has 1 unspecified atom stereocenters. The number of aliphatic carboxylic acids is 1. The van der Waals surface area contributed by atoms with Gasteiger partial charge >= 0.3 is 12.0 Å². The van der Waals surface area contributed by atoms with Crippen LogP contribution in [0.4, 0.5) is 4.79 Å². The largest absolute Gasteiger partial charge is 0.481 e. The summed E-state index contributed by atoms with van der Waals surface area (Å²) in [5.41, 5.74) is -0.890. The summed E-state index contributed by atoms with van der Waals surface area (Å²) in [6, 6.07) is -0.265. The monoisotopic (exact) mass is 288 g/mol. The van der Waals surface area contributed by atoms with Gasteiger partial charge in [-0.15, -0.1) is 0 Å². The first-order valence-corrected chi connectivity index (χ1v) is 7.96. The van der Waals surface area contributed by atoms with Crippen molar-refractivity contribution in [3.63, 3.8) is 0 Å². The van der Waals surface area contributed by atoms with E-state index in [1.54, 1.807) is 6.92 Å². The number of rotatable bonds is 6. The Kier molecular flexibility index (Phi) is 6.48. The topological polar surface area (TPSA) is 78.4 Å². The lowest BCUT2D eigenvalue weighted by Gasteiger charge is -2.24. The van der Waals surface area contributed by atoms with Gasteiger partial charge in [0.15, 0.2) is 0 Å². The van der Waals surface area contributed by atoms with Gasteiger partial charge in [0.1, 0.15) is 0 Å². The number of carboxylic acid groups (broad SMARTS) is 1. The smallest absolute Gasteiger partial charge is 0.314 e. The van der Waals surface area contributed by atoms with Crippen LogP contribution in [0.25, 0.3) is 0 Å². The fourth-order valence-corrected chi connectivity index (χ4v) is 3.08. The summed E-state index contributed by atoms with van der Waals surface area (Å²) >= 11 is 1.96. The minimum Gasteiger partial charge on any atom is -0.481 e. The molecule has 0 aromatic rings. The van der Waals surface area contributed by atoms with E-state index in [0.29, 0.717) is 18.9 Å². The predicted octanol–water partition coefficient (Wildman–Crippen LogP) is 1.93. The van der Waals surface area contributed by atoms with Gasteiger partial charge in [0.25, 0.3) is 0 Å². The second-order valence-corrected chi connectivity index (χ2v) is 6.56. The van der Waals surface area contributed by atoms with Gasteiger partial charge < -0.3 is 15.7 Å². The minimum atomic E-state index is -0.890. The van der Waals surface area contributed by atoms with Crippen LogP contribution in [0.2, 0.25) is 0 Å². The molecule has 1 fully saturated rings. The molecule has 110 valence electrons. The van der Waals surface area contributed by atoms with Crippen molar-refractivity contribution >= 4 is 23.8 Å². The molecule has 5 nitrogen and oxygen atoms in total. The van der Waals surface area contributed by atoms with Crippen molar-refractivity contribution in [2.45, 2.75) is 33.1 Å². The first-order valence-electron chi connectivity index (χ1n) is 6.81. The number of hydrogen-bond donors (Lipinski definition) is 3. The molecular formula is C13H24N2O3S. The molecule has 2 amide bonds. The average Bonchev–Trinajstić information content (AvgIpc) is 2.43. The van der Waals surface area contributed by atoms with Gasteiger partial charge in [-0.3, -0.25) is 4.79 Å². The van der Waals surface area contributed by atoms with E-state index < -0.39 is 11.4 Å². The number of carbonyl (C=O) groups excluding carboxylic acids is 1. The second kappa shape index (κ2) is 7.62. The summed E-state index contributed by atoms with van der Waals surface area (Å²) in [7, 11) is 0. The second-order valence-electron chi connectivity index (χ2n) is 5.34. The van der Waals surface area contributed by atoms with E-state index >= 15 is 0 Å². The highest BCUT2D eigenvalue weighted by molar-refractivity contribution is 7.99. The fourth-order valence-electron chi connectivity index (χ4n) is 1.88. The molecule has 1 heterocycles. The van der Waals surface area contributed by atoms with E-state index in [-0.39, 0.29) is 12.6 Å². The summed E-state index contributed by atoms with van der Waals surface area (Å²) in [6.45, 7) is 4.30. The van der Waals surface area contributed by atoms with Gasteiger partial charge in [0.2, 0.25) is 0 Å². The van der Waals surface area contributed by atoms with Crippen molar-refractivity contribution in [1.82, 2.24) is 10.6 Å². The van der Waals surface area contributed by atoms with Crippen LogP contribution in [-0.2, 0) is 4.79 Å². The third kappa shape index (κ3) is 5.30. The molecule has 0 aromatic carbocycles. The number of amides is 2. The first-order chi connectivity index (χ1) is 8.98. The molecule has 0 aliphatic carbocycles. The van der Waals surface area contributed by atoms with Crippen molar-refractivity contribution in [3.05, 3.63) is 0 Å². The highest BCUT2D eigenvalue weighted by Crippen LogP contribution is 2.22. The molecule has 0 spiro atoms.